The summed E-state index contributed by atoms with van der Waals surface area (Å²) in [7, 11) is 0. The van der Waals surface area contributed by atoms with Crippen LogP contribution in [0.4, 0.5) is 0 Å². The van der Waals surface area contributed by atoms with E-state index in [0.29, 0.717) is 22.3 Å². The van der Waals surface area contributed by atoms with Crippen LogP contribution in [0.5, 0.6) is 0 Å². The molecule has 2 aliphatic rings. The quantitative estimate of drug-likeness (QED) is 0.916. The van der Waals surface area contributed by atoms with E-state index in [1.54, 1.807) is 0 Å². The highest BCUT2D eigenvalue weighted by Gasteiger charge is 2.47. The molecule has 0 bridgehead atoms. The van der Waals surface area contributed by atoms with E-state index in [1.807, 2.05) is 23.5 Å². The van der Waals surface area contributed by atoms with Gasteiger partial charge in [-0.2, -0.15) is 23.5 Å². The second-order valence-corrected chi connectivity index (χ2v) is 8.09. The SMILES string of the molecule is CC1SCCSC1C(O)C1CC1c1ccccc1. The Morgan fingerprint density at radius 2 is 1.89 bits per heavy atom. The van der Waals surface area contributed by atoms with Gasteiger partial charge in [0.1, 0.15) is 0 Å². The van der Waals surface area contributed by atoms with Gasteiger partial charge in [-0.15, -0.1) is 0 Å². The van der Waals surface area contributed by atoms with Crippen LogP contribution in [0.25, 0.3) is 0 Å². The van der Waals surface area contributed by atoms with Crippen molar-refractivity contribution in [2.24, 2.45) is 5.92 Å². The first kappa shape index (κ1) is 12.9. The molecule has 0 amide bonds. The maximum absolute atomic E-state index is 10.6. The van der Waals surface area contributed by atoms with Gasteiger partial charge in [0, 0.05) is 22.0 Å². The predicted octanol–water partition coefficient (Wildman–Crippen LogP) is 3.39. The van der Waals surface area contributed by atoms with Gasteiger partial charge in [0.05, 0.1) is 6.10 Å². The predicted molar refractivity (Wildman–Crippen MR) is 81.5 cm³/mol. The van der Waals surface area contributed by atoms with Crippen LogP contribution in [-0.2, 0) is 0 Å². The van der Waals surface area contributed by atoms with Crippen LogP contribution in [0.2, 0.25) is 0 Å². The number of thioether (sulfide) groups is 2. The fourth-order valence-corrected chi connectivity index (χ4v) is 5.85. The molecule has 1 saturated heterocycles. The van der Waals surface area contributed by atoms with E-state index in [-0.39, 0.29) is 6.10 Å². The van der Waals surface area contributed by atoms with Gasteiger partial charge in [0.25, 0.3) is 0 Å². The highest BCUT2D eigenvalue weighted by atomic mass is 32.2. The molecule has 98 valence electrons. The monoisotopic (exact) mass is 280 g/mol. The molecule has 18 heavy (non-hydrogen) atoms. The van der Waals surface area contributed by atoms with Crippen molar-refractivity contribution in [3.8, 4) is 0 Å². The van der Waals surface area contributed by atoms with Crippen LogP contribution in [0.15, 0.2) is 30.3 Å². The lowest BCUT2D eigenvalue weighted by Crippen LogP contribution is -2.36. The number of hydrogen-bond donors (Lipinski definition) is 1. The van der Waals surface area contributed by atoms with E-state index >= 15 is 0 Å². The fraction of sp³-hybridized carbons (Fsp3) is 0.600. The van der Waals surface area contributed by atoms with E-state index in [1.165, 1.54) is 23.5 Å². The Balaban J connectivity index is 1.63. The molecule has 0 aromatic heterocycles. The summed E-state index contributed by atoms with van der Waals surface area (Å²) < 4.78 is 0. The number of rotatable bonds is 3. The molecule has 0 spiro atoms. The molecule has 1 heterocycles. The molecule has 3 rings (SSSR count). The normalized spacial score (nSPS) is 37.2. The maximum atomic E-state index is 10.6. The smallest absolute Gasteiger partial charge is 0.0703 e. The Hall–Kier alpha value is -0.120. The van der Waals surface area contributed by atoms with Crippen molar-refractivity contribution in [1.29, 1.82) is 0 Å². The number of aliphatic hydroxyl groups excluding tert-OH is 1. The van der Waals surface area contributed by atoms with Crippen molar-refractivity contribution in [2.75, 3.05) is 11.5 Å². The molecule has 5 unspecified atom stereocenters. The molecule has 1 aliphatic carbocycles. The van der Waals surface area contributed by atoms with Gasteiger partial charge in [0.2, 0.25) is 0 Å². The minimum atomic E-state index is -0.122. The minimum Gasteiger partial charge on any atom is -0.392 e. The largest absolute Gasteiger partial charge is 0.392 e. The highest BCUT2D eigenvalue weighted by molar-refractivity contribution is 8.07. The zero-order valence-corrected chi connectivity index (χ0v) is 12.3. The average molecular weight is 280 g/mol. The van der Waals surface area contributed by atoms with Gasteiger partial charge >= 0.3 is 0 Å². The van der Waals surface area contributed by atoms with Crippen LogP contribution in [-0.4, -0.2) is 33.2 Å². The summed E-state index contributed by atoms with van der Waals surface area (Å²) in [5.74, 6) is 3.52. The van der Waals surface area contributed by atoms with Crippen LogP contribution in [0.1, 0.15) is 24.8 Å². The van der Waals surface area contributed by atoms with E-state index < -0.39 is 0 Å². The molecule has 1 N–H and O–H groups in total. The van der Waals surface area contributed by atoms with Crippen LogP contribution in [0, 0.1) is 5.92 Å². The molecule has 1 aromatic carbocycles. The molecular weight excluding hydrogens is 260 g/mol. The molecule has 1 nitrogen and oxygen atoms in total. The van der Waals surface area contributed by atoms with Crippen molar-refractivity contribution >= 4 is 23.5 Å². The van der Waals surface area contributed by atoms with Crippen molar-refractivity contribution < 1.29 is 5.11 Å². The summed E-state index contributed by atoms with van der Waals surface area (Å²) in [5, 5.41) is 11.6. The summed E-state index contributed by atoms with van der Waals surface area (Å²) in [5.41, 5.74) is 1.41. The Morgan fingerprint density at radius 1 is 1.17 bits per heavy atom. The van der Waals surface area contributed by atoms with Crippen LogP contribution >= 0.6 is 23.5 Å². The standard InChI is InChI=1S/C15H20OS2/c1-10-15(18-8-7-17-10)14(16)13-9-12(13)11-5-3-2-4-6-11/h2-6,10,12-16H,7-9H2,1H3. The Kier molecular flexibility index (Phi) is 3.92. The fourth-order valence-electron chi connectivity index (χ4n) is 2.94. The number of hydrogen-bond acceptors (Lipinski definition) is 3. The van der Waals surface area contributed by atoms with Gasteiger partial charge < -0.3 is 5.11 Å². The van der Waals surface area contributed by atoms with Gasteiger partial charge in [-0.25, -0.2) is 0 Å². The Morgan fingerprint density at radius 3 is 2.61 bits per heavy atom. The first-order chi connectivity index (χ1) is 8.77. The van der Waals surface area contributed by atoms with Gasteiger partial charge in [-0.1, -0.05) is 37.3 Å². The molecule has 1 aromatic rings. The number of aliphatic hydroxyl groups is 1. The molecule has 0 radical (unpaired) electrons. The third kappa shape index (κ3) is 2.59. The van der Waals surface area contributed by atoms with Gasteiger partial charge in [0.15, 0.2) is 0 Å². The highest BCUT2D eigenvalue weighted by Crippen LogP contribution is 2.52. The van der Waals surface area contributed by atoms with Crippen LogP contribution in [0.3, 0.4) is 0 Å². The maximum Gasteiger partial charge on any atom is 0.0703 e. The van der Waals surface area contributed by atoms with Crippen LogP contribution < -0.4 is 0 Å². The number of benzene rings is 1. The zero-order valence-electron chi connectivity index (χ0n) is 10.7. The third-order valence-electron chi connectivity index (χ3n) is 4.08. The lowest BCUT2D eigenvalue weighted by atomic mass is 10.0. The van der Waals surface area contributed by atoms with E-state index in [4.69, 9.17) is 0 Å². The van der Waals surface area contributed by atoms with E-state index in [9.17, 15) is 5.11 Å². The second-order valence-electron chi connectivity index (χ2n) is 5.32. The summed E-state index contributed by atoms with van der Waals surface area (Å²) in [6, 6.07) is 10.7. The van der Waals surface area contributed by atoms with Gasteiger partial charge in [-0.05, 0) is 23.8 Å². The Bertz CT molecular complexity index is 395. The third-order valence-corrected chi connectivity index (χ3v) is 7.28. The lowest BCUT2D eigenvalue weighted by Gasteiger charge is -2.32. The molecule has 1 aliphatic heterocycles. The molecule has 1 saturated carbocycles. The Labute approximate surface area is 118 Å². The van der Waals surface area contributed by atoms with Crippen molar-refractivity contribution in [3.05, 3.63) is 35.9 Å². The molecule has 2 fully saturated rings. The average Bonchev–Trinajstić information content (AvgIpc) is 3.20. The van der Waals surface area contributed by atoms with E-state index in [2.05, 4.69) is 37.3 Å². The first-order valence-corrected chi connectivity index (χ1v) is 8.83. The second kappa shape index (κ2) is 5.48. The zero-order chi connectivity index (χ0) is 12.5. The molecule has 5 atom stereocenters. The van der Waals surface area contributed by atoms with Crippen molar-refractivity contribution in [2.45, 2.75) is 35.9 Å². The summed E-state index contributed by atoms with van der Waals surface area (Å²) in [6.45, 7) is 2.27. The van der Waals surface area contributed by atoms with E-state index in [0.717, 1.165) is 0 Å². The van der Waals surface area contributed by atoms with Crippen molar-refractivity contribution in [3.63, 3.8) is 0 Å². The summed E-state index contributed by atoms with van der Waals surface area (Å²) >= 11 is 3.99. The summed E-state index contributed by atoms with van der Waals surface area (Å²) in [6.07, 6.45) is 1.04. The molecular formula is C15H20OS2. The minimum absolute atomic E-state index is 0.122. The summed E-state index contributed by atoms with van der Waals surface area (Å²) in [4.78, 5) is 0. The first-order valence-electron chi connectivity index (χ1n) is 6.73. The topological polar surface area (TPSA) is 20.2 Å². The lowest BCUT2D eigenvalue weighted by molar-refractivity contribution is 0.145. The van der Waals surface area contributed by atoms with Gasteiger partial charge in [-0.3, -0.25) is 0 Å². The molecule has 3 heteroatoms. The van der Waals surface area contributed by atoms with Crippen molar-refractivity contribution in [1.82, 2.24) is 0 Å².